The lowest BCUT2D eigenvalue weighted by atomic mass is 9.73. The van der Waals surface area contributed by atoms with Gasteiger partial charge >= 0.3 is 0 Å². The highest BCUT2D eigenvalue weighted by atomic mass is 16.7. The SMILES string of the molecule is CN1CC2c3ccc4c(c3CCC2C1Cc1ccco1)OCO4. The molecule has 1 fully saturated rings. The van der Waals surface area contributed by atoms with Gasteiger partial charge in [0.05, 0.1) is 6.26 Å². The molecule has 0 bridgehead atoms. The Kier molecular flexibility index (Phi) is 2.95. The van der Waals surface area contributed by atoms with Crippen LogP contribution in [0.15, 0.2) is 34.9 Å². The van der Waals surface area contributed by atoms with Crippen molar-refractivity contribution in [3.8, 4) is 11.5 Å². The molecule has 0 N–H and O–H groups in total. The zero-order chi connectivity index (χ0) is 15.4. The Morgan fingerprint density at radius 2 is 2.17 bits per heavy atom. The minimum absolute atomic E-state index is 0.362. The fraction of sp³-hybridized carbons (Fsp3) is 0.474. The monoisotopic (exact) mass is 311 g/mol. The molecular weight excluding hydrogens is 290 g/mol. The summed E-state index contributed by atoms with van der Waals surface area (Å²) in [5, 5.41) is 0. The fourth-order valence-electron chi connectivity index (χ4n) is 4.80. The molecular formula is C19H21NO3. The van der Waals surface area contributed by atoms with Crippen LogP contribution in [0.25, 0.3) is 0 Å². The van der Waals surface area contributed by atoms with E-state index < -0.39 is 0 Å². The number of hydrogen-bond donors (Lipinski definition) is 0. The van der Waals surface area contributed by atoms with E-state index in [-0.39, 0.29) is 0 Å². The quantitative estimate of drug-likeness (QED) is 0.853. The molecule has 0 amide bonds. The maximum absolute atomic E-state index is 5.73. The van der Waals surface area contributed by atoms with Crippen LogP contribution in [-0.4, -0.2) is 31.3 Å². The Labute approximate surface area is 136 Å². The van der Waals surface area contributed by atoms with Crippen molar-refractivity contribution in [3.63, 3.8) is 0 Å². The Bertz CT molecular complexity index is 724. The molecule has 0 saturated carbocycles. The number of likely N-dealkylation sites (tertiary alicyclic amines) is 1. The third-order valence-corrected chi connectivity index (χ3v) is 5.86. The van der Waals surface area contributed by atoms with Crippen LogP contribution in [0.2, 0.25) is 0 Å². The molecule has 23 heavy (non-hydrogen) atoms. The summed E-state index contributed by atoms with van der Waals surface area (Å²) in [5.74, 6) is 4.30. The first-order valence-electron chi connectivity index (χ1n) is 8.45. The fourth-order valence-corrected chi connectivity index (χ4v) is 4.80. The van der Waals surface area contributed by atoms with Gasteiger partial charge in [-0.05, 0) is 49.6 Å². The van der Waals surface area contributed by atoms with E-state index in [4.69, 9.17) is 13.9 Å². The Balaban J connectivity index is 1.48. The topological polar surface area (TPSA) is 34.8 Å². The van der Waals surface area contributed by atoms with Crippen molar-refractivity contribution in [1.29, 1.82) is 0 Å². The third kappa shape index (κ3) is 2.01. The van der Waals surface area contributed by atoms with Gasteiger partial charge in [0.15, 0.2) is 11.5 Å². The Morgan fingerprint density at radius 3 is 3.04 bits per heavy atom. The summed E-state index contributed by atoms with van der Waals surface area (Å²) >= 11 is 0. The van der Waals surface area contributed by atoms with Crippen LogP contribution in [0, 0.1) is 5.92 Å². The summed E-state index contributed by atoms with van der Waals surface area (Å²) in [4.78, 5) is 2.51. The average Bonchev–Trinajstić information content (AvgIpc) is 3.28. The molecule has 5 rings (SSSR count). The van der Waals surface area contributed by atoms with E-state index >= 15 is 0 Å². The first-order valence-corrected chi connectivity index (χ1v) is 8.45. The predicted octanol–water partition coefficient (Wildman–Crippen LogP) is 3.21. The van der Waals surface area contributed by atoms with E-state index in [1.54, 1.807) is 6.26 Å². The normalized spacial score (nSPS) is 28.7. The maximum Gasteiger partial charge on any atom is 0.231 e. The number of ether oxygens (including phenoxy) is 2. The van der Waals surface area contributed by atoms with Crippen molar-refractivity contribution in [3.05, 3.63) is 47.4 Å². The van der Waals surface area contributed by atoms with E-state index in [0.29, 0.717) is 24.7 Å². The van der Waals surface area contributed by atoms with Gasteiger partial charge in [0, 0.05) is 30.5 Å². The standard InChI is InChI=1S/C19H21NO3/c1-20-10-16-13-6-7-18-19(23-11-22-18)15(13)5-4-14(16)17(20)9-12-3-2-8-21-12/h2-3,6-8,14,16-17H,4-5,9-11H2,1H3. The Hall–Kier alpha value is -1.94. The first-order chi connectivity index (χ1) is 11.3. The number of furan rings is 1. The smallest absolute Gasteiger partial charge is 0.231 e. The minimum atomic E-state index is 0.362. The second-order valence-electron chi connectivity index (χ2n) is 6.97. The summed E-state index contributed by atoms with van der Waals surface area (Å²) in [6.07, 6.45) is 5.09. The highest BCUT2D eigenvalue weighted by molar-refractivity contribution is 5.54. The van der Waals surface area contributed by atoms with Crippen molar-refractivity contribution in [2.75, 3.05) is 20.4 Å². The molecule has 120 valence electrons. The highest BCUT2D eigenvalue weighted by Gasteiger charge is 2.44. The molecule has 0 spiro atoms. The number of rotatable bonds is 2. The first kappa shape index (κ1) is 13.5. The van der Waals surface area contributed by atoms with Crippen LogP contribution in [0.1, 0.15) is 29.2 Å². The predicted molar refractivity (Wildman–Crippen MR) is 85.9 cm³/mol. The molecule has 1 aromatic carbocycles. The van der Waals surface area contributed by atoms with Gasteiger partial charge in [0.1, 0.15) is 5.76 Å². The zero-order valence-electron chi connectivity index (χ0n) is 13.3. The van der Waals surface area contributed by atoms with Crippen LogP contribution in [-0.2, 0) is 12.8 Å². The number of hydrogen-bond acceptors (Lipinski definition) is 4. The minimum Gasteiger partial charge on any atom is -0.469 e. The summed E-state index contributed by atoms with van der Waals surface area (Å²) in [6, 6.07) is 8.99. The van der Waals surface area contributed by atoms with E-state index in [0.717, 1.165) is 36.6 Å². The molecule has 4 heteroatoms. The van der Waals surface area contributed by atoms with Gasteiger partial charge in [0.2, 0.25) is 6.79 Å². The van der Waals surface area contributed by atoms with Gasteiger partial charge in [-0.2, -0.15) is 0 Å². The second-order valence-corrected chi connectivity index (χ2v) is 6.97. The summed E-state index contributed by atoms with van der Waals surface area (Å²) < 4.78 is 16.9. The number of fused-ring (bicyclic) bond motifs is 5. The molecule has 3 unspecified atom stereocenters. The number of benzene rings is 1. The molecule has 3 heterocycles. The average molecular weight is 311 g/mol. The van der Waals surface area contributed by atoms with E-state index in [1.165, 1.54) is 17.5 Å². The number of nitrogens with zero attached hydrogens (tertiary/aromatic N) is 1. The lowest BCUT2D eigenvalue weighted by Gasteiger charge is -2.31. The summed E-state index contributed by atoms with van der Waals surface area (Å²) in [6.45, 7) is 1.48. The lowest BCUT2D eigenvalue weighted by molar-refractivity contribution is 0.172. The van der Waals surface area contributed by atoms with Crippen molar-refractivity contribution in [2.24, 2.45) is 5.92 Å². The summed E-state index contributed by atoms with van der Waals surface area (Å²) in [5.41, 5.74) is 2.85. The van der Waals surface area contributed by atoms with Gasteiger partial charge < -0.3 is 18.8 Å². The zero-order valence-corrected chi connectivity index (χ0v) is 13.3. The van der Waals surface area contributed by atoms with Crippen molar-refractivity contribution < 1.29 is 13.9 Å². The van der Waals surface area contributed by atoms with Gasteiger partial charge in [-0.25, -0.2) is 0 Å². The van der Waals surface area contributed by atoms with Crippen LogP contribution >= 0.6 is 0 Å². The van der Waals surface area contributed by atoms with Gasteiger partial charge in [-0.1, -0.05) is 6.07 Å². The van der Waals surface area contributed by atoms with Crippen LogP contribution in [0.3, 0.4) is 0 Å². The van der Waals surface area contributed by atoms with Crippen molar-refractivity contribution in [1.82, 2.24) is 4.90 Å². The third-order valence-electron chi connectivity index (χ3n) is 5.86. The van der Waals surface area contributed by atoms with Crippen LogP contribution < -0.4 is 9.47 Å². The van der Waals surface area contributed by atoms with Gasteiger partial charge in [0.25, 0.3) is 0 Å². The molecule has 0 radical (unpaired) electrons. The van der Waals surface area contributed by atoms with Crippen LogP contribution in [0.4, 0.5) is 0 Å². The highest BCUT2D eigenvalue weighted by Crippen LogP contribution is 2.50. The van der Waals surface area contributed by atoms with E-state index in [1.807, 2.05) is 6.07 Å². The molecule has 1 saturated heterocycles. The lowest BCUT2D eigenvalue weighted by Crippen LogP contribution is -2.32. The van der Waals surface area contributed by atoms with Crippen LogP contribution in [0.5, 0.6) is 11.5 Å². The molecule has 2 aromatic rings. The second kappa shape index (κ2) is 5.03. The van der Waals surface area contributed by atoms with E-state index in [2.05, 4.69) is 30.1 Å². The molecule has 4 nitrogen and oxygen atoms in total. The Morgan fingerprint density at radius 1 is 1.22 bits per heavy atom. The van der Waals surface area contributed by atoms with Crippen molar-refractivity contribution in [2.45, 2.75) is 31.2 Å². The summed E-state index contributed by atoms with van der Waals surface area (Å²) in [7, 11) is 2.25. The largest absolute Gasteiger partial charge is 0.469 e. The van der Waals surface area contributed by atoms with Gasteiger partial charge in [-0.15, -0.1) is 0 Å². The molecule has 1 aromatic heterocycles. The molecule has 1 aliphatic carbocycles. The number of likely N-dealkylation sites (N-methyl/N-ethyl adjacent to an activating group) is 1. The maximum atomic E-state index is 5.73. The van der Waals surface area contributed by atoms with E-state index in [9.17, 15) is 0 Å². The molecule has 2 aliphatic heterocycles. The molecule has 3 aliphatic rings. The molecule has 3 atom stereocenters. The van der Waals surface area contributed by atoms with Gasteiger partial charge in [-0.3, -0.25) is 0 Å². The van der Waals surface area contributed by atoms with Crippen molar-refractivity contribution >= 4 is 0 Å².